The van der Waals surface area contributed by atoms with E-state index in [0.717, 1.165) is 12.0 Å². The summed E-state index contributed by atoms with van der Waals surface area (Å²) in [5.41, 5.74) is 3.46. The summed E-state index contributed by atoms with van der Waals surface area (Å²) in [6.07, 6.45) is -3.83. The first-order valence-corrected chi connectivity index (χ1v) is 5.90. The standard InChI is InChI=1S/C11H12F3NOS/c1-8-2-3-10-7-15(5-4-9(10)6-8)17-16-11(12,13)14/h2-3,6H,4-5,7H2,1H3. The second-order valence-corrected chi connectivity index (χ2v) is 4.82. The molecule has 0 saturated heterocycles. The van der Waals surface area contributed by atoms with Crippen LogP contribution < -0.4 is 0 Å². The van der Waals surface area contributed by atoms with Crippen LogP contribution in [0.15, 0.2) is 18.2 Å². The number of alkyl halides is 3. The fourth-order valence-electron chi connectivity index (χ4n) is 1.81. The molecular weight excluding hydrogens is 251 g/mol. The molecule has 17 heavy (non-hydrogen) atoms. The molecule has 0 radical (unpaired) electrons. The van der Waals surface area contributed by atoms with Crippen LogP contribution in [-0.2, 0) is 17.1 Å². The van der Waals surface area contributed by atoms with Gasteiger partial charge in [0, 0.05) is 13.1 Å². The lowest BCUT2D eigenvalue weighted by atomic mass is 9.99. The van der Waals surface area contributed by atoms with Crippen molar-refractivity contribution in [2.75, 3.05) is 6.54 Å². The van der Waals surface area contributed by atoms with Gasteiger partial charge in [0.2, 0.25) is 0 Å². The molecule has 94 valence electrons. The van der Waals surface area contributed by atoms with Crippen molar-refractivity contribution in [1.82, 2.24) is 4.31 Å². The Labute approximate surface area is 102 Å². The maximum atomic E-state index is 11.9. The lowest BCUT2D eigenvalue weighted by Crippen LogP contribution is -2.26. The molecule has 0 bridgehead atoms. The molecule has 0 spiro atoms. The first-order valence-electron chi connectivity index (χ1n) is 5.20. The van der Waals surface area contributed by atoms with Gasteiger partial charge in [0.05, 0.1) is 12.2 Å². The van der Waals surface area contributed by atoms with Crippen LogP contribution in [0.4, 0.5) is 13.2 Å². The summed E-state index contributed by atoms with van der Waals surface area (Å²) in [6, 6.07) is 6.02. The van der Waals surface area contributed by atoms with E-state index in [1.807, 2.05) is 19.1 Å². The summed E-state index contributed by atoms with van der Waals surface area (Å²) in [5, 5.41) is 0. The third-order valence-electron chi connectivity index (χ3n) is 2.58. The molecular formula is C11H12F3NOS. The van der Waals surface area contributed by atoms with Gasteiger partial charge < -0.3 is 0 Å². The van der Waals surface area contributed by atoms with E-state index >= 15 is 0 Å². The SMILES string of the molecule is Cc1ccc2c(c1)CCN(SOC(F)(F)F)C2. The number of aryl methyl sites for hydroxylation is 1. The van der Waals surface area contributed by atoms with Crippen molar-refractivity contribution in [3.05, 3.63) is 34.9 Å². The van der Waals surface area contributed by atoms with Gasteiger partial charge in [-0.1, -0.05) is 23.8 Å². The first kappa shape index (κ1) is 12.7. The Hall–Kier alpha value is -0.720. The van der Waals surface area contributed by atoms with Crippen molar-refractivity contribution >= 4 is 12.2 Å². The molecule has 0 aromatic heterocycles. The third kappa shape index (κ3) is 3.62. The highest BCUT2D eigenvalue weighted by Crippen LogP contribution is 2.30. The molecule has 0 N–H and O–H groups in total. The minimum absolute atomic E-state index is 0.380. The third-order valence-corrected chi connectivity index (χ3v) is 3.36. The van der Waals surface area contributed by atoms with E-state index in [1.165, 1.54) is 11.1 Å². The Morgan fingerprint density at radius 3 is 2.76 bits per heavy atom. The summed E-state index contributed by atoms with van der Waals surface area (Å²) in [6.45, 7) is 3.06. The monoisotopic (exact) mass is 263 g/mol. The summed E-state index contributed by atoms with van der Waals surface area (Å²) in [4.78, 5) is 0. The Kier molecular flexibility index (Phi) is 3.65. The molecule has 1 aliphatic rings. The Morgan fingerprint density at radius 1 is 1.29 bits per heavy atom. The molecule has 6 heteroatoms. The van der Waals surface area contributed by atoms with Crippen molar-refractivity contribution in [3.63, 3.8) is 0 Å². The van der Waals surface area contributed by atoms with E-state index < -0.39 is 6.36 Å². The fourth-order valence-corrected chi connectivity index (χ4v) is 2.36. The van der Waals surface area contributed by atoms with Crippen molar-refractivity contribution in [2.45, 2.75) is 26.3 Å². The van der Waals surface area contributed by atoms with Gasteiger partial charge in [-0.25, -0.2) is 8.49 Å². The zero-order valence-corrected chi connectivity index (χ0v) is 10.1. The fraction of sp³-hybridized carbons (Fsp3) is 0.455. The molecule has 1 aromatic carbocycles. The number of hydrogen-bond donors (Lipinski definition) is 0. The highest BCUT2D eigenvalue weighted by molar-refractivity contribution is 7.92. The average molecular weight is 263 g/mol. The van der Waals surface area contributed by atoms with E-state index in [9.17, 15) is 13.2 Å². The quantitative estimate of drug-likeness (QED) is 0.599. The van der Waals surface area contributed by atoms with Gasteiger partial charge in [-0.3, -0.25) is 0 Å². The maximum absolute atomic E-state index is 11.9. The molecule has 2 nitrogen and oxygen atoms in total. The normalized spacial score (nSPS) is 16.9. The van der Waals surface area contributed by atoms with E-state index in [0.29, 0.717) is 25.3 Å². The predicted octanol–water partition coefficient (Wildman–Crippen LogP) is 3.45. The molecule has 0 amide bonds. The van der Waals surface area contributed by atoms with Gasteiger partial charge in [-0.2, -0.15) is 0 Å². The van der Waals surface area contributed by atoms with Crippen LogP contribution in [0.2, 0.25) is 0 Å². The van der Waals surface area contributed by atoms with Crippen LogP contribution in [0.1, 0.15) is 16.7 Å². The Bertz CT molecular complexity index is 408. The van der Waals surface area contributed by atoms with E-state index in [-0.39, 0.29) is 0 Å². The van der Waals surface area contributed by atoms with Gasteiger partial charge in [0.15, 0.2) is 0 Å². The number of halogens is 3. The lowest BCUT2D eigenvalue weighted by molar-refractivity contribution is -0.268. The minimum atomic E-state index is -4.59. The van der Waals surface area contributed by atoms with Crippen LogP contribution in [0.25, 0.3) is 0 Å². The van der Waals surface area contributed by atoms with Crippen molar-refractivity contribution in [2.24, 2.45) is 0 Å². The summed E-state index contributed by atoms with van der Waals surface area (Å²) >= 11 is 0.380. The van der Waals surface area contributed by atoms with E-state index in [4.69, 9.17) is 0 Å². The zero-order valence-electron chi connectivity index (χ0n) is 9.25. The van der Waals surface area contributed by atoms with Gasteiger partial charge in [0.1, 0.15) is 0 Å². The summed E-state index contributed by atoms with van der Waals surface area (Å²) in [7, 11) is 0. The first-order chi connectivity index (χ1) is 7.94. The smallest absolute Gasteiger partial charge is 0.222 e. The number of hydrogen-bond acceptors (Lipinski definition) is 3. The van der Waals surface area contributed by atoms with Gasteiger partial charge in [0.25, 0.3) is 0 Å². The molecule has 2 rings (SSSR count). The summed E-state index contributed by atoms with van der Waals surface area (Å²) < 4.78 is 41.0. The van der Waals surface area contributed by atoms with Crippen LogP contribution in [0.5, 0.6) is 0 Å². The molecule has 0 fully saturated rings. The van der Waals surface area contributed by atoms with Crippen LogP contribution in [-0.4, -0.2) is 17.2 Å². The Balaban J connectivity index is 1.97. The van der Waals surface area contributed by atoms with E-state index in [1.54, 1.807) is 4.31 Å². The van der Waals surface area contributed by atoms with Crippen molar-refractivity contribution < 1.29 is 17.4 Å². The highest BCUT2D eigenvalue weighted by atomic mass is 32.2. The second-order valence-electron chi connectivity index (χ2n) is 3.99. The van der Waals surface area contributed by atoms with Crippen LogP contribution in [0, 0.1) is 6.92 Å². The van der Waals surface area contributed by atoms with Crippen molar-refractivity contribution in [1.29, 1.82) is 0 Å². The topological polar surface area (TPSA) is 12.5 Å². The maximum Gasteiger partial charge on any atom is 0.534 e. The van der Waals surface area contributed by atoms with E-state index in [2.05, 4.69) is 10.2 Å². The molecule has 1 aromatic rings. The number of rotatable bonds is 2. The average Bonchev–Trinajstić information content (AvgIpc) is 2.25. The van der Waals surface area contributed by atoms with Gasteiger partial charge >= 0.3 is 6.36 Å². The molecule has 0 aliphatic carbocycles. The molecule has 1 heterocycles. The molecule has 0 atom stereocenters. The van der Waals surface area contributed by atoms with Gasteiger partial charge in [-0.05, 0) is 24.5 Å². The largest absolute Gasteiger partial charge is 0.534 e. The van der Waals surface area contributed by atoms with Crippen LogP contribution >= 0.6 is 12.2 Å². The minimum Gasteiger partial charge on any atom is -0.222 e. The zero-order chi connectivity index (χ0) is 12.5. The van der Waals surface area contributed by atoms with Crippen molar-refractivity contribution in [3.8, 4) is 0 Å². The lowest BCUT2D eigenvalue weighted by Gasteiger charge is -2.27. The predicted molar refractivity (Wildman–Crippen MR) is 60.0 cm³/mol. The highest BCUT2D eigenvalue weighted by Gasteiger charge is 2.32. The molecule has 1 aliphatic heterocycles. The van der Waals surface area contributed by atoms with Crippen LogP contribution in [0.3, 0.4) is 0 Å². The summed E-state index contributed by atoms with van der Waals surface area (Å²) in [5.74, 6) is 0. The molecule has 0 unspecified atom stereocenters. The number of benzene rings is 1. The van der Waals surface area contributed by atoms with Gasteiger partial charge in [-0.15, -0.1) is 13.2 Å². The number of nitrogens with zero attached hydrogens (tertiary/aromatic N) is 1. The second kappa shape index (κ2) is 4.88. The molecule has 0 saturated carbocycles. The Morgan fingerprint density at radius 2 is 2.06 bits per heavy atom. The number of fused-ring (bicyclic) bond motifs is 1.